The van der Waals surface area contributed by atoms with E-state index in [2.05, 4.69) is 11.8 Å². The van der Waals surface area contributed by atoms with Gasteiger partial charge in [0.2, 0.25) is 0 Å². The van der Waals surface area contributed by atoms with Crippen LogP contribution in [-0.4, -0.2) is 39.3 Å². The minimum absolute atomic E-state index is 0.180. The predicted molar refractivity (Wildman–Crippen MR) is 72.2 cm³/mol. The lowest BCUT2D eigenvalue weighted by Gasteiger charge is -2.36. The van der Waals surface area contributed by atoms with Crippen LogP contribution in [0, 0.1) is 0 Å². The summed E-state index contributed by atoms with van der Waals surface area (Å²) in [7, 11) is 3.19. The van der Waals surface area contributed by atoms with E-state index in [1.807, 2.05) is 6.92 Å². The van der Waals surface area contributed by atoms with Gasteiger partial charge in [0, 0.05) is 45.0 Å². The van der Waals surface area contributed by atoms with Crippen molar-refractivity contribution in [3.63, 3.8) is 0 Å². The summed E-state index contributed by atoms with van der Waals surface area (Å²) in [5, 5.41) is 0. The molecule has 0 amide bonds. The molecule has 0 aromatic carbocycles. The van der Waals surface area contributed by atoms with Crippen molar-refractivity contribution in [3.8, 4) is 0 Å². The molecule has 0 spiro atoms. The van der Waals surface area contributed by atoms with Gasteiger partial charge in [0.05, 0.1) is 12.7 Å². The Morgan fingerprint density at radius 3 is 2.63 bits per heavy atom. The van der Waals surface area contributed by atoms with E-state index < -0.39 is 0 Å². The van der Waals surface area contributed by atoms with Gasteiger partial charge in [-0.25, -0.2) is 4.79 Å². The van der Waals surface area contributed by atoms with Crippen LogP contribution in [0.3, 0.4) is 0 Å². The Balaban J connectivity index is 2.29. The van der Waals surface area contributed by atoms with E-state index in [4.69, 9.17) is 4.74 Å². The number of nitrogens with zero attached hydrogens (tertiary/aromatic N) is 3. The van der Waals surface area contributed by atoms with E-state index >= 15 is 0 Å². The summed E-state index contributed by atoms with van der Waals surface area (Å²) in [4.78, 5) is 25.8. The molecule has 2 rings (SSSR count). The second-order valence-electron chi connectivity index (χ2n) is 5.30. The van der Waals surface area contributed by atoms with Crippen molar-refractivity contribution in [1.29, 1.82) is 0 Å². The summed E-state index contributed by atoms with van der Waals surface area (Å²) in [6.07, 6.45) is 0.180. The Kier molecular flexibility index (Phi) is 3.91. The molecular formula is C13H21N3O3. The van der Waals surface area contributed by atoms with Crippen molar-refractivity contribution in [1.82, 2.24) is 14.0 Å². The highest BCUT2D eigenvalue weighted by molar-refractivity contribution is 5.03. The molecule has 6 nitrogen and oxygen atoms in total. The molecule has 0 radical (unpaired) electrons. The van der Waals surface area contributed by atoms with E-state index in [-0.39, 0.29) is 23.4 Å². The van der Waals surface area contributed by atoms with E-state index in [1.165, 1.54) is 17.7 Å². The maximum atomic E-state index is 11.9. The van der Waals surface area contributed by atoms with Gasteiger partial charge in [-0.1, -0.05) is 0 Å². The van der Waals surface area contributed by atoms with Crippen molar-refractivity contribution in [2.75, 3.05) is 13.2 Å². The van der Waals surface area contributed by atoms with Gasteiger partial charge in [-0.2, -0.15) is 0 Å². The lowest BCUT2D eigenvalue weighted by molar-refractivity contribution is -0.0534. The third kappa shape index (κ3) is 2.79. The van der Waals surface area contributed by atoms with Gasteiger partial charge in [0.25, 0.3) is 5.56 Å². The molecule has 1 aliphatic heterocycles. The first-order valence-electron chi connectivity index (χ1n) is 6.51. The molecule has 2 unspecified atom stereocenters. The Morgan fingerprint density at radius 1 is 1.26 bits per heavy atom. The maximum absolute atomic E-state index is 11.9. The minimum atomic E-state index is -0.281. The van der Waals surface area contributed by atoms with Crippen LogP contribution in [0.5, 0.6) is 0 Å². The van der Waals surface area contributed by atoms with Crippen molar-refractivity contribution >= 4 is 0 Å². The summed E-state index contributed by atoms with van der Waals surface area (Å²) in [5.74, 6) is 0. The molecule has 0 bridgehead atoms. The van der Waals surface area contributed by atoms with Gasteiger partial charge in [0.15, 0.2) is 0 Å². The first-order valence-corrected chi connectivity index (χ1v) is 6.51. The van der Waals surface area contributed by atoms with Crippen molar-refractivity contribution in [2.45, 2.75) is 32.5 Å². The molecule has 0 saturated carbocycles. The third-order valence-electron chi connectivity index (χ3n) is 3.73. The maximum Gasteiger partial charge on any atom is 0.330 e. The highest BCUT2D eigenvalue weighted by Crippen LogP contribution is 2.13. The van der Waals surface area contributed by atoms with E-state index in [0.29, 0.717) is 13.2 Å². The number of hydrogen-bond donors (Lipinski definition) is 0. The third-order valence-corrected chi connectivity index (χ3v) is 3.73. The molecule has 2 heterocycles. The molecule has 106 valence electrons. The molecule has 1 fully saturated rings. The lowest BCUT2D eigenvalue weighted by Crippen LogP contribution is -2.48. The molecular weight excluding hydrogens is 246 g/mol. The quantitative estimate of drug-likeness (QED) is 0.738. The monoisotopic (exact) mass is 267 g/mol. The zero-order chi connectivity index (χ0) is 14.2. The first kappa shape index (κ1) is 14.0. The zero-order valence-electron chi connectivity index (χ0n) is 11.9. The Labute approximate surface area is 112 Å². The predicted octanol–water partition coefficient (Wildman–Crippen LogP) is -0.307. The average molecular weight is 267 g/mol. The van der Waals surface area contributed by atoms with Crippen LogP contribution in [0.25, 0.3) is 0 Å². The van der Waals surface area contributed by atoms with Gasteiger partial charge < -0.3 is 4.74 Å². The van der Waals surface area contributed by atoms with E-state index in [1.54, 1.807) is 7.05 Å². The second kappa shape index (κ2) is 5.30. The smallest absolute Gasteiger partial charge is 0.330 e. The van der Waals surface area contributed by atoms with Crippen LogP contribution in [0.4, 0.5) is 0 Å². The van der Waals surface area contributed by atoms with Gasteiger partial charge in [-0.05, 0) is 13.8 Å². The molecule has 1 aromatic rings. The van der Waals surface area contributed by atoms with Gasteiger partial charge in [0.1, 0.15) is 0 Å². The summed E-state index contributed by atoms with van der Waals surface area (Å²) in [6, 6.07) is 1.82. The molecule has 1 aromatic heterocycles. The van der Waals surface area contributed by atoms with Crippen molar-refractivity contribution in [2.24, 2.45) is 14.1 Å². The normalized spacial score (nSPS) is 24.6. The van der Waals surface area contributed by atoms with Crippen LogP contribution in [0.1, 0.15) is 19.5 Å². The highest BCUT2D eigenvalue weighted by Gasteiger charge is 2.24. The van der Waals surface area contributed by atoms with Crippen molar-refractivity contribution in [3.05, 3.63) is 32.6 Å². The van der Waals surface area contributed by atoms with Crippen LogP contribution in [-0.2, 0) is 25.4 Å². The molecule has 2 atom stereocenters. The average Bonchev–Trinajstić information content (AvgIpc) is 2.37. The molecule has 0 N–H and O–H groups in total. The van der Waals surface area contributed by atoms with Gasteiger partial charge >= 0.3 is 5.69 Å². The van der Waals surface area contributed by atoms with E-state index in [9.17, 15) is 9.59 Å². The number of aromatic nitrogens is 2. The summed E-state index contributed by atoms with van der Waals surface area (Å²) >= 11 is 0. The van der Waals surface area contributed by atoms with Crippen LogP contribution >= 0.6 is 0 Å². The van der Waals surface area contributed by atoms with Gasteiger partial charge in [-0.15, -0.1) is 0 Å². The van der Waals surface area contributed by atoms with E-state index in [0.717, 1.165) is 16.8 Å². The summed E-state index contributed by atoms with van der Waals surface area (Å²) in [6.45, 7) is 6.20. The highest BCUT2D eigenvalue weighted by atomic mass is 16.5. The van der Waals surface area contributed by atoms with Crippen LogP contribution in [0.2, 0.25) is 0 Å². The first-order chi connectivity index (χ1) is 8.90. The Morgan fingerprint density at radius 2 is 1.95 bits per heavy atom. The molecule has 6 heteroatoms. The van der Waals surface area contributed by atoms with Crippen molar-refractivity contribution < 1.29 is 4.74 Å². The van der Waals surface area contributed by atoms with Crippen LogP contribution in [0.15, 0.2) is 15.7 Å². The largest absolute Gasteiger partial charge is 0.376 e. The molecule has 1 aliphatic rings. The second-order valence-corrected chi connectivity index (χ2v) is 5.30. The van der Waals surface area contributed by atoms with Gasteiger partial charge in [-0.3, -0.25) is 18.8 Å². The fraction of sp³-hybridized carbons (Fsp3) is 0.692. The Hall–Kier alpha value is -1.40. The Bertz CT molecular complexity index is 575. The zero-order valence-corrected chi connectivity index (χ0v) is 11.9. The molecule has 19 heavy (non-hydrogen) atoms. The molecule has 1 saturated heterocycles. The number of morpholine rings is 1. The van der Waals surface area contributed by atoms with Crippen LogP contribution < -0.4 is 11.2 Å². The fourth-order valence-corrected chi connectivity index (χ4v) is 2.33. The SMILES string of the molecule is CC1CN(Cc2cc(=O)n(C)c(=O)n2C)C(C)CO1. The standard InChI is InChI=1S/C13H21N3O3/c1-9-8-19-10(2)6-16(9)7-11-5-12(17)15(4)13(18)14(11)3/h5,9-10H,6-8H2,1-4H3. The lowest BCUT2D eigenvalue weighted by atomic mass is 10.2. The number of hydrogen-bond acceptors (Lipinski definition) is 4. The minimum Gasteiger partial charge on any atom is -0.376 e. The topological polar surface area (TPSA) is 56.5 Å². The summed E-state index contributed by atoms with van der Waals surface area (Å²) < 4.78 is 8.23. The molecule has 0 aliphatic carbocycles. The fourth-order valence-electron chi connectivity index (χ4n) is 2.33. The number of rotatable bonds is 2. The summed E-state index contributed by atoms with van der Waals surface area (Å²) in [5.41, 5.74) is 0.206. The number of ether oxygens (including phenoxy) is 1.